The number of nitriles is 1. The zero-order valence-electron chi connectivity index (χ0n) is 7.91. The van der Waals surface area contributed by atoms with Crippen LogP contribution in [0, 0.1) is 29.1 Å². The van der Waals surface area contributed by atoms with Crippen molar-refractivity contribution in [3.63, 3.8) is 0 Å². The third kappa shape index (κ3) is 1.22. The van der Waals surface area contributed by atoms with E-state index in [1.807, 2.05) is 0 Å². The van der Waals surface area contributed by atoms with Gasteiger partial charge in [-0.3, -0.25) is 0 Å². The van der Waals surface area contributed by atoms with Gasteiger partial charge in [-0.1, -0.05) is 0 Å². The molecule has 0 saturated carbocycles. The summed E-state index contributed by atoms with van der Waals surface area (Å²) in [6, 6.07) is 2.58. The Morgan fingerprint density at radius 2 is 2.31 bits per heavy atom. The average Bonchev–Trinajstić information content (AvgIpc) is 2.84. The topological polar surface area (TPSA) is 27.0 Å². The Hall–Kier alpha value is 0.180. The number of hydrogen-bond acceptors (Lipinski definition) is 2. The van der Waals surface area contributed by atoms with E-state index in [2.05, 4.69) is 16.1 Å². The monoisotopic (exact) mass is 290 g/mol. The van der Waals surface area contributed by atoms with E-state index < -0.39 is 20.1 Å². The Labute approximate surface area is 87.0 Å². The maximum absolute atomic E-state index is 9.14. The molecule has 13 heavy (non-hydrogen) atoms. The molecule has 5 atom stereocenters. The van der Waals surface area contributed by atoms with Crippen molar-refractivity contribution in [3.05, 3.63) is 0 Å². The van der Waals surface area contributed by atoms with Crippen LogP contribution in [0.3, 0.4) is 0 Å². The first-order valence-corrected chi connectivity index (χ1v) is 8.82. The number of rotatable bonds is 0. The molecule has 0 aromatic rings. The summed E-state index contributed by atoms with van der Waals surface area (Å²) < 4.78 is 5.16. The molecule has 72 valence electrons. The fourth-order valence-electron chi connectivity index (χ4n) is 2.90. The van der Waals surface area contributed by atoms with Crippen molar-refractivity contribution in [3.8, 4) is 6.07 Å². The van der Waals surface area contributed by atoms with E-state index in [-0.39, 0.29) is 0 Å². The average molecular weight is 290 g/mol. The van der Waals surface area contributed by atoms with E-state index in [1.165, 1.54) is 23.9 Å². The Morgan fingerprint density at radius 1 is 1.46 bits per heavy atom. The molecular formula is C10H15IN2. The van der Waals surface area contributed by atoms with Crippen LogP contribution in [0.5, 0.6) is 0 Å². The second kappa shape index (κ2) is 2.83. The third-order valence-electron chi connectivity index (χ3n) is 3.53. The second-order valence-corrected chi connectivity index (χ2v) is 10.6. The van der Waals surface area contributed by atoms with Crippen LogP contribution in [0.1, 0.15) is 13.3 Å². The van der Waals surface area contributed by atoms with Crippen LogP contribution in [0.2, 0.25) is 0 Å². The molecule has 3 saturated heterocycles. The number of nitrogens with zero attached hydrogens (tertiary/aromatic N) is 2. The minimum atomic E-state index is -0.703. The first kappa shape index (κ1) is 8.49. The van der Waals surface area contributed by atoms with Gasteiger partial charge in [0.05, 0.1) is 0 Å². The molecule has 0 spiro atoms. The fraction of sp³-hybridized carbons (Fsp3) is 0.900. The number of halogens is 1. The molecule has 3 heteroatoms. The van der Waals surface area contributed by atoms with Gasteiger partial charge >= 0.3 is 87.1 Å². The van der Waals surface area contributed by atoms with Crippen LogP contribution in [-0.2, 0) is 0 Å². The molecular weight excluding hydrogens is 275 g/mol. The fourth-order valence-corrected chi connectivity index (χ4v) is 10.5. The summed E-state index contributed by atoms with van der Waals surface area (Å²) >= 11 is -0.703. The Morgan fingerprint density at radius 3 is 3.08 bits per heavy atom. The van der Waals surface area contributed by atoms with Gasteiger partial charge in [0.1, 0.15) is 0 Å². The molecule has 0 aromatic carbocycles. The maximum atomic E-state index is 9.14. The molecule has 2 nitrogen and oxygen atoms in total. The van der Waals surface area contributed by atoms with E-state index in [4.69, 9.17) is 5.26 Å². The summed E-state index contributed by atoms with van der Waals surface area (Å²) in [5.41, 5.74) is 0. The summed E-state index contributed by atoms with van der Waals surface area (Å²) in [6.07, 6.45) is 1.31. The summed E-state index contributed by atoms with van der Waals surface area (Å²) in [6.45, 7) is 4.99. The molecule has 3 heterocycles. The van der Waals surface area contributed by atoms with Crippen molar-refractivity contribution in [2.75, 3.05) is 17.5 Å². The molecule has 2 bridgehead atoms. The van der Waals surface area contributed by atoms with Gasteiger partial charge in [0.25, 0.3) is 0 Å². The van der Waals surface area contributed by atoms with Gasteiger partial charge in [-0.2, -0.15) is 0 Å². The number of piperidine rings is 1. The van der Waals surface area contributed by atoms with Crippen LogP contribution in [0.25, 0.3) is 0 Å². The summed E-state index contributed by atoms with van der Waals surface area (Å²) in [5, 5.41) is 9.14. The zero-order chi connectivity index (χ0) is 9.00. The van der Waals surface area contributed by atoms with Gasteiger partial charge in [0, 0.05) is 0 Å². The molecule has 0 N–H and O–H groups in total. The molecule has 0 aromatic heterocycles. The quantitative estimate of drug-likeness (QED) is 0.387. The van der Waals surface area contributed by atoms with Gasteiger partial charge in [-0.25, -0.2) is 0 Å². The van der Waals surface area contributed by atoms with E-state index in [0.717, 1.165) is 15.8 Å². The predicted octanol–water partition coefficient (Wildman–Crippen LogP) is 1.90. The molecule has 0 amide bonds. The van der Waals surface area contributed by atoms with E-state index in [1.54, 1.807) is 0 Å². The van der Waals surface area contributed by atoms with Crippen molar-refractivity contribution in [1.29, 1.82) is 5.26 Å². The third-order valence-corrected chi connectivity index (χ3v) is 9.85. The van der Waals surface area contributed by atoms with Crippen molar-refractivity contribution in [2.45, 2.75) is 17.3 Å². The molecule has 3 rings (SSSR count). The number of fused-ring (bicyclic) bond motifs is 4. The summed E-state index contributed by atoms with van der Waals surface area (Å²) in [5.74, 6) is 2.05. The van der Waals surface area contributed by atoms with Gasteiger partial charge in [0.15, 0.2) is 0 Å². The summed E-state index contributed by atoms with van der Waals surface area (Å²) in [4.78, 5) is 0. The number of alkyl halides is 2. The Balaban J connectivity index is 1.86. The van der Waals surface area contributed by atoms with Crippen molar-refractivity contribution < 1.29 is 0 Å². The first-order chi connectivity index (χ1) is 6.29. The molecule has 0 aliphatic carbocycles. The van der Waals surface area contributed by atoms with Crippen LogP contribution in [0.4, 0.5) is 0 Å². The normalized spacial score (nSPS) is 55.1. The zero-order valence-corrected chi connectivity index (χ0v) is 10.1. The van der Waals surface area contributed by atoms with Crippen LogP contribution >= 0.6 is 20.1 Å². The van der Waals surface area contributed by atoms with E-state index in [9.17, 15) is 0 Å². The van der Waals surface area contributed by atoms with Gasteiger partial charge in [-0.15, -0.1) is 0 Å². The van der Waals surface area contributed by atoms with Crippen molar-refractivity contribution >= 4 is 20.1 Å². The van der Waals surface area contributed by atoms with Crippen molar-refractivity contribution in [2.24, 2.45) is 17.8 Å². The molecule has 3 fully saturated rings. The Kier molecular flexibility index (Phi) is 1.85. The molecule has 3 aliphatic rings. The van der Waals surface area contributed by atoms with E-state index >= 15 is 0 Å². The van der Waals surface area contributed by atoms with Gasteiger partial charge in [0.2, 0.25) is 0 Å². The predicted molar refractivity (Wildman–Crippen MR) is 60.6 cm³/mol. The van der Waals surface area contributed by atoms with Crippen LogP contribution < -0.4 is 0 Å². The van der Waals surface area contributed by atoms with Gasteiger partial charge < -0.3 is 0 Å². The summed E-state index contributed by atoms with van der Waals surface area (Å²) in [7, 11) is 0. The second-order valence-electron chi connectivity index (χ2n) is 4.63. The van der Waals surface area contributed by atoms with Gasteiger partial charge in [-0.05, 0) is 0 Å². The standard InChI is InChI=1S/C10H15IN2/c1-7-2-8-6-13(5-7)11-3-10(11)9(8)4-12/h7-10H,2-3,5-6H2,1H3. The number of hydrogen-bond donors (Lipinski definition) is 0. The Bertz CT molecular complexity index is 273. The van der Waals surface area contributed by atoms with Crippen molar-refractivity contribution in [1.82, 2.24) is 3.11 Å². The molecule has 3 aliphatic heterocycles. The first-order valence-electron chi connectivity index (χ1n) is 5.08. The minimum absolute atomic E-state index is 0.462. The molecule has 5 unspecified atom stereocenters. The van der Waals surface area contributed by atoms with Crippen LogP contribution in [-0.4, -0.2) is 24.6 Å². The van der Waals surface area contributed by atoms with E-state index in [0.29, 0.717) is 5.92 Å². The molecule has 0 radical (unpaired) electrons. The van der Waals surface area contributed by atoms with Crippen LogP contribution in [0.15, 0.2) is 0 Å². The SMILES string of the molecule is CC1CC2CN(C1)I1CC1C2C#N.